The summed E-state index contributed by atoms with van der Waals surface area (Å²) >= 11 is 0. The van der Waals surface area contributed by atoms with Crippen LogP contribution in [0.5, 0.6) is 5.75 Å². The minimum absolute atomic E-state index is 0.271. The van der Waals surface area contributed by atoms with Crippen molar-refractivity contribution in [3.05, 3.63) is 29.8 Å². The Balaban J connectivity index is 2.98. The molecule has 0 aromatic heterocycles. The van der Waals surface area contributed by atoms with Gasteiger partial charge in [0.15, 0.2) is 0 Å². The lowest BCUT2D eigenvalue weighted by Gasteiger charge is -2.27. The predicted molar refractivity (Wildman–Crippen MR) is 67.3 cm³/mol. The zero-order chi connectivity index (χ0) is 13.1. The van der Waals surface area contributed by atoms with E-state index in [-0.39, 0.29) is 5.41 Å². The monoisotopic (exact) mass is 236 g/mol. The van der Waals surface area contributed by atoms with Crippen molar-refractivity contribution in [2.75, 3.05) is 7.11 Å². The minimum atomic E-state index is -0.761. The Labute approximate surface area is 102 Å². The minimum Gasteiger partial charge on any atom is -0.496 e. The molecule has 0 bridgehead atoms. The molecular weight excluding hydrogens is 216 g/mol. The fourth-order valence-electron chi connectivity index (χ4n) is 1.86. The second kappa shape index (κ2) is 5.21. The lowest BCUT2D eigenvalue weighted by atomic mass is 9.77. The summed E-state index contributed by atoms with van der Waals surface area (Å²) in [6, 6.07) is 7.56. The standard InChI is InChI=1S/C14H20O3/c1-14(2,3)11(13(15)16)9-10-7-5-6-8-12(10)17-4/h5-8,11H,9H2,1-4H3,(H,15,16). The second-order valence-corrected chi connectivity index (χ2v) is 5.27. The van der Waals surface area contributed by atoms with E-state index in [1.54, 1.807) is 7.11 Å². The maximum atomic E-state index is 11.3. The van der Waals surface area contributed by atoms with Crippen molar-refractivity contribution in [1.29, 1.82) is 0 Å². The van der Waals surface area contributed by atoms with Crippen LogP contribution in [0.4, 0.5) is 0 Å². The third kappa shape index (κ3) is 3.48. The van der Waals surface area contributed by atoms with Crippen molar-refractivity contribution in [1.82, 2.24) is 0 Å². The van der Waals surface area contributed by atoms with Crippen LogP contribution in [0.15, 0.2) is 24.3 Å². The van der Waals surface area contributed by atoms with Crippen LogP contribution in [-0.4, -0.2) is 18.2 Å². The molecule has 1 atom stereocenters. The van der Waals surface area contributed by atoms with Gasteiger partial charge in [0.05, 0.1) is 13.0 Å². The van der Waals surface area contributed by atoms with E-state index in [2.05, 4.69) is 0 Å². The maximum absolute atomic E-state index is 11.3. The van der Waals surface area contributed by atoms with Crippen LogP contribution in [0.1, 0.15) is 26.3 Å². The second-order valence-electron chi connectivity index (χ2n) is 5.27. The first-order chi connectivity index (χ1) is 7.86. The van der Waals surface area contributed by atoms with E-state index in [0.717, 1.165) is 11.3 Å². The highest BCUT2D eigenvalue weighted by Crippen LogP contribution is 2.31. The summed E-state index contributed by atoms with van der Waals surface area (Å²) in [4.78, 5) is 11.3. The average molecular weight is 236 g/mol. The number of para-hydroxylation sites is 1. The first-order valence-corrected chi connectivity index (χ1v) is 5.71. The number of carboxylic acids is 1. The molecule has 0 saturated carbocycles. The summed E-state index contributed by atoms with van der Waals surface area (Å²) < 4.78 is 5.25. The summed E-state index contributed by atoms with van der Waals surface area (Å²) in [7, 11) is 1.60. The quantitative estimate of drug-likeness (QED) is 0.874. The van der Waals surface area contributed by atoms with E-state index < -0.39 is 11.9 Å². The Bertz CT molecular complexity index is 391. The van der Waals surface area contributed by atoms with Gasteiger partial charge in [-0.25, -0.2) is 0 Å². The van der Waals surface area contributed by atoms with Crippen molar-refractivity contribution in [3.63, 3.8) is 0 Å². The molecule has 1 N–H and O–H groups in total. The van der Waals surface area contributed by atoms with Gasteiger partial charge < -0.3 is 9.84 Å². The Morgan fingerprint density at radius 3 is 2.41 bits per heavy atom. The van der Waals surface area contributed by atoms with E-state index >= 15 is 0 Å². The molecule has 3 nitrogen and oxygen atoms in total. The molecule has 0 aliphatic heterocycles. The number of rotatable bonds is 4. The van der Waals surface area contributed by atoms with Gasteiger partial charge in [0.1, 0.15) is 5.75 Å². The van der Waals surface area contributed by atoms with Crippen LogP contribution in [0.3, 0.4) is 0 Å². The normalized spacial score (nSPS) is 13.2. The molecule has 0 aliphatic rings. The highest BCUT2D eigenvalue weighted by molar-refractivity contribution is 5.71. The molecule has 1 rings (SSSR count). The molecular formula is C14H20O3. The summed E-state index contributed by atoms with van der Waals surface area (Å²) in [6.45, 7) is 5.84. The number of aliphatic carboxylic acids is 1. The van der Waals surface area contributed by atoms with Gasteiger partial charge in [0, 0.05) is 0 Å². The SMILES string of the molecule is COc1ccccc1CC(C(=O)O)C(C)(C)C. The summed E-state index contributed by atoms with van der Waals surface area (Å²) in [5.74, 6) is -0.426. The third-order valence-electron chi connectivity index (χ3n) is 2.96. The summed E-state index contributed by atoms with van der Waals surface area (Å²) in [6.07, 6.45) is 0.489. The van der Waals surface area contributed by atoms with Gasteiger partial charge in [0.2, 0.25) is 0 Å². The largest absolute Gasteiger partial charge is 0.496 e. The predicted octanol–water partition coefficient (Wildman–Crippen LogP) is 2.98. The molecule has 1 aromatic rings. The molecule has 0 fully saturated rings. The molecule has 94 valence electrons. The summed E-state index contributed by atoms with van der Waals surface area (Å²) in [5, 5.41) is 9.29. The molecule has 3 heteroatoms. The highest BCUT2D eigenvalue weighted by atomic mass is 16.5. The van der Waals surface area contributed by atoms with Gasteiger partial charge in [-0.1, -0.05) is 39.0 Å². The first-order valence-electron chi connectivity index (χ1n) is 5.71. The van der Waals surface area contributed by atoms with E-state index in [9.17, 15) is 9.90 Å². The Morgan fingerprint density at radius 1 is 1.35 bits per heavy atom. The number of hydrogen-bond acceptors (Lipinski definition) is 2. The topological polar surface area (TPSA) is 46.5 Å². The molecule has 1 unspecified atom stereocenters. The number of ether oxygens (including phenoxy) is 1. The van der Waals surface area contributed by atoms with E-state index in [4.69, 9.17) is 4.74 Å². The highest BCUT2D eigenvalue weighted by Gasteiger charge is 2.31. The molecule has 0 radical (unpaired) electrons. The van der Waals surface area contributed by atoms with Gasteiger partial charge in [-0.15, -0.1) is 0 Å². The lowest BCUT2D eigenvalue weighted by Crippen LogP contribution is -2.30. The molecule has 0 aliphatic carbocycles. The maximum Gasteiger partial charge on any atom is 0.307 e. The van der Waals surface area contributed by atoms with E-state index in [1.165, 1.54) is 0 Å². The fourth-order valence-corrected chi connectivity index (χ4v) is 1.86. The number of carbonyl (C=O) groups is 1. The van der Waals surface area contributed by atoms with E-state index in [0.29, 0.717) is 6.42 Å². The van der Waals surface area contributed by atoms with Crippen LogP contribution < -0.4 is 4.74 Å². The van der Waals surface area contributed by atoms with Crippen molar-refractivity contribution in [2.45, 2.75) is 27.2 Å². The van der Waals surface area contributed by atoms with Gasteiger partial charge in [0.25, 0.3) is 0 Å². The number of methoxy groups -OCH3 is 1. The third-order valence-corrected chi connectivity index (χ3v) is 2.96. The number of carboxylic acid groups (broad SMARTS) is 1. The lowest BCUT2D eigenvalue weighted by molar-refractivity contribution is -0.145. The van der Waals surface area contributed by atoms with Crippen molar-refractivity contribution < 1.29 is 14.6 Å². The Kier molecular flexibility index (Phi) is 4.16. The smallest absolute Gasteiger partial charge is 0.307 e. The number of benzene rings is 1. The van der Waals surface area contributed by atoms with E-state index in [1.807, 2.05) is 45.0 Å². The van der Waals surface area contributed by atoms with Gasteiger partial charge in [-0.3, -0.25) is 4.79 Å². The van der Waals surface area contributed by atoms with Crippen LogP contribution in [0, 0.1) is 11.3 Å². The molecule has 1 aromatic carbocycles. The Morgan fingerprint density at radius 2 is 1.94 bits per heavy atom. The zero-order valence-corrected chi connectivity index (χ0v) is 10.9. The Hall–Kier alpha value is -1.51. The van der Waals surface area contributed by atoms with Crippen LogP contribution >= 0.6 is 0 Å². The molecule has 0 spiro atoms. The van der Waals surface area contributed by atoms with Gasteiger partial charge in [-0.2, -0.15) is 0 Å². The van der Waals surface area contributed by atoms with Gasteiger partial charge in [-0.05, 0) is 23.5 Å². The first kappa shape index (κ1) is 13.6. The summed E-state index contributed by atoms with van der Waals surface area (Å²) in [5.41, 5.74) is 0.671. The van der Waals surface area contributed by atoms with Gasteiger partial charge >= 0.3 is 5.97 Å². The van der Waals surface area contributed by atoms with Crippen molar-refractivity contribution in [3.8, 4) is 5.75 Å². The number of hydrogen-bond donors (Lipinski definition) is 1. The molecule has 0 heterocycles. The zero-order valence-electron chi connectivity index (χ0n) is 10.9. The van der Waals surface area contributed by atoms with Crippen LogP contribution in [0.2, 0.25) is 0 Å². The fraction of sp³-hybridized carbons (Fsp3) is 0.500. The average Bonchev–Trinajstić information content (AvgIpc) is 2.24. The van der Waals surface area contributed by atoms with Crippen LogP contribution in [0.25, 0.3) is 0 Å². The molecule has 0 amide bonds. The van der Waals surface area contributed by atoms with Crippen molar-refractivity contribution in [2.24, 2.45) is 11.3 Å². The van der Waals surface area contributed by atoms with Crippen molar-refractivity contribution >= 4 is 5.97 Å². The molecule has 0 saturated heterocycles. The van der Waals surface area contributed by atoms with Crippen LogP contribution in [-0.2, 0) is 11.2 Å². The molecule has 17 heavy (non-hydrogen) atoms.